The van der Waals surface area contributed by atoms with Crippen LogP contribution < -0.4 is 10.5 Å². The first-order valence-electron chi connectivity index (χ1n) is 8.82. The molecule has 0 saturated carbocycles. The van der Waals surface area contributed by atoms with E-state index in [-0.39, 0.29) is 17.4 Å². The predicted octanol–water partition coefficient (Wildman–Crippen LogP) is 5.39. The number of rotatable bonds is 6. The number of halogens is 2. The lowest BCUT2D eigenvalue weighted by atomic mass is 10.1. The number of aryl methyl sites for hydroxylation is 1. The number of thioether (sulfide) groups is 1. The molecule has 0 radical (unpaired) electrons. The molecule has 0 bridgehead atoms. The molecule has 7 heteroatoms. The normalized spacial score (nSPS) is 11.1. The van der Waals surface area contributed by atoms with E-state index in [0.717, 1.165) is 17.4 Å². The molecule has 0 atom stereocenters. The number of hydrogen-bond donors (Lipinski definition) is 1. The van der Waals surface area contributed by atoms with Crippen molar-refractivity contribution in [2.45, 2.75) is 37.8 Å². The van der Waals surface area contributed by atoms with Gasteiger partial charge in [0.1, 0.15) is 5.75 Å². The first-order valence-corrected chi connectivity index (χ1v) is 9.80. The maximum absolute atomic E-state index is 13.9. The molecule has 3 aromatic rings. The fourth-order valence-electron chi connectivity index (χ4n) is 2.61. The highest BCUT2D eigenvalue weighted by molar-refractivity contribution is 7.98. The van der Waals surface area contributed by atoms with Crippen LogP contribution in [0.4, 0.5) is 14.5 Å². The third kappa shape index (κ3) is 4.59. The van der Waals surface area contributed by atoms with Crippen molar-refractivity contribution in [2.24, 2.45) is 0 Å². The minimum atomic E-state index is -0.864. The second kappa shape index (κ2) is 8.56. The summed E-state index contributed by atoms with van der Waals surface area (Å²) < 4.78 is 32.9. The summed E-state index contributed by atoms with van der Waals surface area (Å²) in [5.74, 6) is -0.729. The van der Waals surface area contributed by atoms with Crippen molar-refractivity contribution < 1.29 is 13.5 Å². The summed E-state index contributed by atoms with van der Waals surface area (Å²) in [7, 11) is 0. The summed E-state index contributed by atoms with van der Waals surface area (Å²) in [5.41, 5.74) is 9.00. The minimum Gasteiger partial charge on any atom is -0.491 e. The molecule has 146 valence electrons. The number of benzene rings is 2. The van der Waals surface area contributed by atoms with E-state index >= 15 is 0 Å². The Morgan fingerprint density at radius 1 is 1.07 bits per heavy atom. The van der Waals surface area contributed by atoms with Crippen LogP contribution in [0.15, 0.2) is 47.6 Å². The molecular weight excluding hydrogens is 380 g/mol. The van der Waals surface area contributed by atoms with E-state index < -0.39 is 11.6 Å². The van der Waals surface area contributed by atoms with Crippen molar-refractivity contribution in [1.82, 2.24) is 9.97 Å². The lowest BCUT2D eigenvalue weighted by Gasteiger charge is -2.12. The smallest absolute Gasteiger partial charge is 0.188 e. The van der Waals surface area contributed by atoms with Gasteiger partial charge in [-0.05, 0) is 51.1 Å². The molecule has 2 N–H and O–H groups in total. The van der Waals surface area contributed by atoms with Gasteiger partial charge in [-0.1, -0.05) is 23.9 Å². The van der Waals surface area contributed by atoms with Crippen molar-refractivity contribution in [3.8, 4) is 17.0 Å². The molecular formula is C21H21F2N3OS. The molecule has 0 spiro atoms. The first kappa shape index (κ1) is 20.1. The number of anilines is 1. The average Bonchev–Trinajstić information content (AvgIpc) is 2.66. The van der Waals surface area contributed by atoms with Gasteiger partial charge < -0.3 is 10.5 Å². The van der Waals surface area contributed by atoms with Gasteiger partial charge in [0.25, 0.3) is 0 Å². The Balaban J connectivity index is 1.85. The van der Waals surface area contributed by atoms with Gasteiger partial charge in [-0.15, -0.1) is 0 Å². The van der Waals surface area contributed by atoms with Gasteiger partial charge in [0.05, 0.1) is 23.2 Å². The number of nitrogens with zero attached hydrogens (tertiary/aromatic N) is 2. The van der Waals surface area contributed by atoms with Crippen molar-refractivity contribution in [3.63, 3.8) is 0 Å². The van der Waals surface area contributed by atoms with E-state index in [0.29, 0.717) is 22.2 Å². The van der Waals surface area contributed by atoms with Crippen LogP contribution in [0, 0.1) is 18.6 Å². The van der Waals surface area contributed by atoms with Crippen molar-refractivity contribution in [3.05, 3.63) is 65.4 Å². The summed E-state index contributed by atoms with van der Waals surface area (Å²) in [5, 5.41) is 0.452. The summed E-state index contributed by atoms with van der Waals surface area (Å²) in [6.07, 6.45) is 0.0865. The molecule has 0 amide bonds. The van der Waals surface area contributed by atoms with Crippen LogP contribution >= 0.6 is 11.8 Å². The van der Waals surface area contributed by atoms with Crippen LogP contribution in [0.1, 0.15) is 25.1 Å². The molecule has 0 unspecified atom stereocenters. The molecule has 0 aliphatic rings. The minimum absolute atomic E-state index is 0.0865. The van der Waals surface area contributed by atoms with Gasteiger partial charge in [0.15, 0.2) is 16.8 Å². The second-order valence-corrected chi connectivity index (χ2v) is 7.49. The average molecular weight is 401 g/mol. The largest absolute Gasteiger partial charge is 0.491 e. The summed E-state index contributed by atoms with van der Waals surface area (Å²) in [6.45, 7) is 5.72. The standard InChI is InChI=1S/C21H21F2N3OS/c1-12(2)27-16-9-7-14(8-10-16)20-19(24)13(3)25-21(26-20)28-11-15-5-4-6-17(22)18(15)23/h4-10,12H,11,24H2,1-3H3. The lowest BCUT2D eigenvalue weighted by Crippen LogP contribution is -2.05. The van der Waals surface area contributed by atoms with E-state index in [4.69, 9.17) is 10.5 Å². The zero-order chi connectivity index (χ0) is 20.3. The van der Waals surface area contributed by atoms with E-state index in [9.17, 15) is 8.78 Å². The summed E-state index contributed by atoms with van der Waals surface area (Å²) in [6, 6.07) is 11.6. The SMILES string of the molecule is Cc1nc(SCc2cccc(F)c2F)nc(-c2ccc(OC(C)C)cc2)c1N. The lowest BCUT2D eigenvalue weighted by molar-refractivity contribution is 0.242. The fourth-order valence-corrected chi connectivity index (χ4v) is 3.47. The molecule has 3 rings (SSSR count). The topological polar surface area (TPSA) is 61.0 Å². The number of aromatic nitrogens is 2. The highest BCUT2D eigenvalue weighted by Gasteiger charge is 2.14. The fraction of sp³-hybridized carbons (Fsp3) is 0.238. The molecule has 0 fully saturated rings. The molecule has 0 aliphatic heterocycles. The van der Waals surface area contributed by atoms with Gasteiger partial charge in [-0.25, -0.2) is 18.7 Å². The van der Waals surface area contributed by atoms with Gasteiger partial charge in [-0.2, -0.15) is 0 Å². The summed E-state index contributed by atoms with van der Waals surface area (Å²) >= 11 is 1.23. The van der Waals surface area contributed by atoms with Gasteiger partial charge in [0, 0.05) is 16.9 Å². The Labute approximate surface area is 167 Å². The zero-order valence-corrected chi connectivity index (χ0v) is 16.7. The molecule has 2 aromatic carbocycles. The number of ether oxygens (including phenoxy) is 1. The number of nitrogen functional groups attached to an aromatic ring is 1. The predicted molar refractivity (Wildman–Crippen MR) is 108 cm³/mol. The Morgan fingerprint density at radius 2 is 1.79 bits per heavy atom. The highest BCUT2D eigenvalue weighted by atomic mass is 32.2. The molecule has 4 nitrogen and oxygen atoms in total. The van der Waals surface area contributed by atoms with E-state index in [1.807, 2.05) is 38.1 Å². The first-order chi connectivity index (χ1) is 13.3. The monoisotopic (exact) mass is 401 g/mol. The zero-order valence-electron chi connectivity index (χ0n) is 15.9. The molecule has 1 heterocycles. The number of hydrogen-bond acceptors (Lipinski definition) is 5. The maximum atomic E-state index is 13.9. The van der Waals surface area contributed by atoms with Gasteiger partial charge in [-0.3, -0.25) is 0 Å². The van der Waals surface area contributed by atoms with Crippen LogP contribution in [0.3, 0.4) is 0 Å². The second-order valence-electron chi connectivity index (χ2n) is 6.55. The highest BCUT2D eigenvalue weighted by Crippen LogP contribution is 2.31. The van der Waals surface area contributed by atoms with Crippen LogP contribution in [0.5, 0.6) is 5.75 Å². The molecule has 28 heavy (non-hydrogen) atoms. The Hall–Kier alpha value is -2.67. The Morgan fingerprint density at radius 3 is 2.46 bits per heavy atom. The van der Waals surface area contributed by atoms with E-state index in [1.54, 1.807) is 13.0 Å². The van der Waals surface area contributed by atoms with Gasteiger partial charge >= 0.3 is 0 Å². The van der Waals surface area contributed by atoms with Crippen LogP contribution in [-0.2, 0) is 5.75 Å². The Bertz CT molecular complexity index is 978. The van der Waals surface area contributed by atoms with E-state index in [1.165, 1.54) is 17.8 Å². The molecule has 1 aromatic heterocycles. The van der Waals surface area contributed by atoms with Crippen molar-refractivity contribution in [2.75, 3.05) is 5.73 Å². The van der Waals surface area contributed by atoms with E-state index in [2.05, 4.69) is 9.97 Å². The van der Waals surface area contributed by atoms with Gasteiger partial charge in [0.2, 0.25) is 0 Å². The quantitative estimate of drug-likeness (QED) is 0.443. The third-order valence-corrected chi connectivity index (χ3v) is 4.90. The maximum Gasteiger partial charge on any atom is 0.188 e. The third-order valence-electron chi connectivity index (χ3n) is 4.00. The number of nitrogens with two attached hydrogens (primary N) is 1. The van der Waals surface area contributed by atoms with Crippen LogP contribution in [-0.4, -0.2) is 16.1 Å². The van der Waals surface area contributed by atoms with Crippen LogP contribution in [0.2, 0.25) is 0 Å². The molecule has 0 aliphatic carbocycles. The molecule has 0 saturated heterocycles. The summed E-state index contributed by atoms with van der Waals surface area (Å²) in [4.78, 5) is 8.90. The van der Waals surface area contributed by atoms with Crippen molar-refractivity contribution >= 4 is 17.4 Å². The van der Waals surface area contributed by atoms with Crippen LogP contribution in [0.25, 0.3) is 11.3 Å². The Kier molecular flexibility index (Phi) is 6.14. The van der Waals surface area contributed by atoms with Crippen molar-refractivity contribution in [1.29, 1.82) is 0 Å².